The van der Waals surface area contributed by atoms with Crippen LogP contribution in [-0.2, 0) is 16.1 Å². The van der Waals surface area contributed by atoms with Crippen LogP contribution in [0.2, 0.25) is 0 Å². The molecule has 2 N–H and O–H groups in total. The summed E-state index contributed by atoms with van der Waals surface area (Å²) in [4.78, 5) is 47.1. The van der Waals surface area contributed by atoms with Crippen molar-refractivity contribution < 1.29 is 18.8 Å². The molecule has 3 heterocycles. The Bertz CT molecular complexity index is 1630. The van der Waals surface area contributed by atoms with E-state index in [4.69, 9.17) is 14.5 Å². The molecule has 1 aliphatic heterocycles. The number of aryl methyl sites for hydroxylation is 1. The van der Waals surface area contributed by atoms with Crippen molar-refractivity contribution in [3.63, 3.8) is 0 Å². The van der Waals surface area contributed by atoms with E-state index in [0.717, 1.165) is 22.4 Å². The van der Waals surface area contributed by atoms with E-state index in [9.17, 15) is 14.4 Å². The number of hydrogen-bond donors (Lipinski definition) is 2. The van der Waals surface area contributed by atoms with Gasteiger partial charge in [0.15, 0.2) is 17.4 Å². The van der Waals surface area contributed by atoms with Crippen molar-refractivity contribution in [2.24, 2.45) is 5.92 Å². The highest BCUT2D eigenvalue weighted by molar-refractivity contribution is 7.98. The molecule has 0 radical (unpaired) electrons. The molecule has 0 bridgehead atoms. The van der Waals surface area contributed by atoms with E-state index < -0.39 is 12.1 Å². The first-order valence-electron chi connectivity index (χ1n) is 15.8. The molecule has 0 unspecified atom stereocenters. The van der Waals surface area contributed by atoms with Crippen LogP contribution in [0.4, 0.5) is 0 Å². The van der Waals surface area contributed by atoms with E-state index in [1.165, 1.54) is 0 Å². The highest BCUT2D eigenvalue weighted by atomic mass is 32.2. The van der Waals surface area contributed by atoms with E-state index in [0.29, 0.717) is 49.9 Å². The molecular weight excluding hydrogens is 600 g/mol. The van der Waals surface area contributed by atoms with Gasteiger partial charge in [-0.25, -0.2) is 9.67 Å². The van der Waals surface area contributed by atoms with Gasteiger partial charge in [-0.15, -0.1) is 0 Å². The molecule has 0 saturated heterocycles. The molecule has 3 amide bonds. The van der Waals surface area contributed by atoms with Crippen molar-refractivity contribution in [1.82, 2.24) is 30.3 Å². The van der Waals surface area contributed by atoms with Gasteiger partial charge in [0.25, 0.3) is 5.91 Å². The molecule has 11 heteroatoms. The van der Waals surface area contributed by atoms with Crippen molar-refractivity contribution in [2.45, 2.75) is 58.7 Å². The number of benzene rings is 2. The number of nitrogens with one attached hydrogen (secondary N) is 2. The van der Waals surface area contributed by atoms with Gasteiger partial charge < -0.3 is 20.0 Å². The van der Waals surface area contributed by atoms with Crippen LogP contribution in [0, 0.1) is 12.8 Å². The third-order valence-corrected chi connectivity index (χ3v) is 8.73. The van der Waals surface area contributed by atoms with Crippen molar-refractivity contribution in [1.29, 1.82) is 0 Å². The zero-order chi connectivity index (χ0) is 32.6. The Hall–Kier alpha value is -4.38. The van der Waals surface area contributed by atoms with E-state index in [1.807, 2.05) is 87.7 Å². The fourth-order valence-corrected chi connectivity index (χ4v) is 5.93. The minimum absolute atomic E-state index is 0.0265. The van der Waals surface area contributed by atoms with Gasteiger partial charge in [-0.05, 0) is 49.8 Å². The van der Waals surface area contributed by atoms with E-state index in [-0.39, 0.29) is 35.8 Å². The van der Waals surface area contributed by atoms with Crippen LogP contribution >= 0.6 is 11.8 Å². The van der Waals surface area contributed by atoms with Crippen molar-refractivity contribution in [2.75, 3.05) is 25.1 Å². The first-order valence-corrected chi connectivity index (χ1v) is 17.2. The summed E-state index contributed by atoms with van der Waals surface area (Å²) in [5, 5.41) is 11.0. The summed E-state index contributed by atoms with van der Waals surface area (Å²) in [5.74, 6) is 1.95. The maximum atomic E-state index is 13.9. The quantitative estimate of drug-likeness (QED) is 0.273. The molecule has 5 rings (SSSR count). The summed E-state index contributed by atoms with van der Waals surface area (Å²) in [6.45, 7) is 7.03. The lowest BCUT2D eigenvalue weighted by Gasteiger charge is -2.27. The van der Waals surface area contributed by atoms with Gasteiger partial charge in [-0.2, -0.15) is 16.9 Å². The first kappa shape index (κ1) is 33.0. The van der Waals surface area contributed by atoms with Gasteiger partial charge in [0, 0.05) is 30.6 Å². The molecule has 1 aliphatic rings. The molecule has 0 saturated carbocycles. The van der Waals surface area contributed by atoms with Crippen LogP contribution in [-0.4, -0.2) is 68.5 Å². The summed E-state index contributed by atoms with van der Waals surface area (Å²) < 4.78 is 7.84. The van der Waals surface area contributed by atoms with Crippen molar-refractivity contribution >= 4 is 29.5 Å². The third-order valence-electron chi connectivity index (χ3n) is 8.09. The van der Waals surface area contributed by atoms with E-state index in [2.05, 4.69) is 10.6 Å². The maximum Gasteiger partial charge on any atom is 0.289 e. The summed E-state index contributed by atoms with van der Waals surface area (Å²) in [6, 6.07) is 20.0. The summed E-state index contributed by atoms with van der Waals surface area (Å²) in [5.41, 5.74) is 2.88. The SMILES string of the molecule is CSCC[C@@H]1NC(=O)CCCN(C(=O)c2ccc(-c3ccc(C)cc3)o2)CCn2nc(-c3ccccc3)nc2[C@@H](C(C)C)NC1=O. The van der Waals surface area contributed by atoms with Crippen LogP contribution in [0.25, 0.3) is 22.7 Å². The van der Waals surface area contributed by atoms with Crippen LogP contribution in [0.15, 0.2) is 71.1 Å². The molecular formula is C35H42N6O4S. The second-order valence-electron chi connectivity index (χ2n) is 11.9. The van der Waals surface area contributed by atoms with E-state index in [1.54, 1.807) is 27.4 Å². The number of thioether (sulfide) groups is 1. The Morgan fingerprint density at radius 3 is 2.46 bits per heavy atom. The Morgan fingerprint density at radius 1 is 0.978 bits per heavy atom. The number of furan rings is 1. The van der Waals surface area contributed by atoms with Crippen molar-refractivity contribution in [3.8, 4) is 22.7 Å². The number of carbonyl (C=O) groups excluding carboxylic acids is 3. The lowest BCUT2D eigenvalue weighted by molar-refractivity contribution is -0.129. The van der Waals surface area contributed by atoms with Crippen LogP contribution in [0.1, 0.15) is 61.1 Å². The molecule has 0 fully saturated rings. The maximum absolute atomic E-state index is 13.9. The summed E-state index contributed by atoms with van der Waals surface area (Å²) >= 11 is 1.62. The highest BCUT2D eigenvalue weighted by Crippen LogP contribution is 2.26. The fraction of sp³-hybridized carbons (Fsp3) is 0.400. The zero-order valence-electron chi connectivity index (χ0n) is 26.9. The Balaban J connectivity index is 1.48. The van der Waals surface area contributed by atoms with Gasteiger partial charge in [-0.3, -0.25) is 14.4 Å². The standard InChI is InChI=1S/C35H42N6O4S/c1-23(2)31-33-38-32(26-9-6-5-7-10-26)39-41(33)21-20-40(19-8-11-30(42)36-27(18-22-46-4)34(43)37-31)35(44)29-17-16-28(45-29)25-14-12-24(3)13-15-25/h5-7,9-10,12-17,23,27,31H,8,11,18-22H2,1-4H3,(H,36,42)(H,37,43)/t27-,31+/m0/s1. The molecule has 4 aromatic rings. The monoisotopic (exact) mass is 642 g/mol. The molecule has 0 aliphatic carbocycles. The topological polar surface area (TPSA) is 122 Å². The molecule has 0 spiro atoms. The number of fused-ring (bicyclic) bond motifs is 1. The van der Waals surface area contributed by atoms with Gasteiger partial charge in [-0.1, -0.05) is 74.0 Å². The van der Waals surface area contributed by atoms with Gasteiger partial charge >= 0.3 is 0 Å². The smallest absolute Gasteiger partial charge is 0.289 e. The summed E-state index contributed by atoms with van der Waals surface area (Å²) in [7, 11) is 0. The molecule has 10 nitrogen and oxygen atoms in total. The Labute approximate surface area is 274 Å². The number of carbonyl (C=O) groups is 3. The third kappa shape index (κ3) is 8.06. The Morgan fingerprint density at radius 2 is 1.74 bits per heavy atom. The molecule has 46 heavy (non-hydrogen) atoms. The second-order valence-corrected chi connectivity index (χ2v) is 12.9. The summed E-state index contributed by atoms with van der Waals surface area (Å²) in [6.07, 6.45) is 3.08. The Kier molecular flexibility index (Phi) is 11.0. The number of rotatable bonds is 7. The molecule has 2 aromatic heterocycles. The predicted octanol–water partition coefficient (Wildman–Crippen LogP) is 5.50. The van der Waals surface area contributed by atoms with Crippen molar-refractivity contribution in [3.05, 3.63) is 83.9 Å². The molecule has 2 atom stereocenters. The van der Waals surface area contributed by atoms with Gasteiger partial charge in [0.1, 0.15) is 11.8 Å². The normalized spacial score (nSPS) is 18.1. The highest BCUT2D eigenvalue weighted by Gasteiger charge is 2.30. The number of hydrogen-bond acceptors (Lipinski definition) is 7. The molecule has 242 valence electrons. The van der Waals surface area contributed by atoms with Gasteiger partial charge in [0.2, 0.25) is 11.8 Å². The van der Waals surface area contributed by atoms with Crippen LogP contribution < -0.4 is 10.6 Å². The minimum atomic E-state index is -0.685. The second kappa shape index (κ2) is 15.3. The number of aromatic nitrogens is 3. The lowest BCUT2D eigenvalue weighted by Crippen LogP contribution is -2.49. The van der Waals surface area contributed by atoms with E-state index >= 15 is 0 Å². The number of amides is 3. The van der Waals surface area contributed by atoms with Crippen LogP contribution in [0.5, 0.6) is 0 Å². The average Bonchev–Trinajstić information content (AvgIpc) is 3.71. The largest absolute Gasteiger partial charge is 0.451 e. The zero-order valence-corrected chi connectivity index (χ0v) is 27.7. The van der Waals surface area contributed by atoms with Crippen LogP contribution in [0.3, 0.4) is 0 Å². The first-order chi connectivity index (χ1) is 22.2. The lowest BCUT2D eigenvalue weighted by atomic mass is 10.0. The average molecular weight is 643 g/mol. The minimum Gasteiger partial charge on any atom is -0.451 e. The van der Waals surface area contributed by atoms with Gasteiger partial charge in [0.05, 0.1) is 12.6 Å². The predicted molar refractivity (Wildman–Crippen MR) is 180 cm³/mol. The number of nitrogens with zero attached hydrogens (tertiary/aromatic N) is 4. The molecule has 2 aromatic carbocycles. The fourth-order valence-electron chi connectivity index (χ4n) is 5.45.